The van der Waals surface area contributed by atoms with Crippen LogP contribution >= 0.6 is 0 Å². The first-order valence-electron chi connectivity index (χ1n) is 18.8. The molecule has 1 aromatic rings. The molecule has 2 unspecified atom stereocenters. The number of carboxylic acids is 1. The van der Waals surface area contributed by atoms with E-state index in [0.29, 0.717) is 45.2 Å². The van der Waals surface area contributed by atoms with Gasteiger partial charge in [0.15, 0.2) is 5.96 Å². The van der Waals surface area contributed by atoms with Gasteiger partial charge in [-0.1, -0.05) is 44.2 Å². The number of likely N-dealkylation sites (tertiary alicyclic amines) is 1. The molecule has 56 heavy (non-hydrogen) atoms. The molecule has 312 valence electrons. The van der Waals surface area contributed by atoms with Gasteiger partial charge in [0, 0.05) is 52.0 Å². The Balaban J connectivity index is 0.00000203. The highest BCUT2D eigenvalue weighted by molar-refractivity contribution is 5.93. The zero-order valence-electron chi connectivity index (χ0n) is 32.6. The van der Waals surface area contributed by atoms with Crippen LogP contribution in [-0.4, -0.2) is 126 Å². The summed E-state index contributed by atoms with van der Waals surface area (Å²) in [6.45, 7) is 5.39. The van der Waals surface area contributed by atoms with Crippen molar-refractivity contribution in [3.05, 3.63) is 35.9 Å². The number of carboxylic acid groups (broad SMARTS) is 1. The maximum atomic E-state index is 13.1. The molecule has 1 heterocycles. The molecule has 14 N–H and O–H groups in total. The second kappa shape index (κ2) is 27.7. The van der Waals surface area contributed by atoms with Crippen molar-refractivity contribution in [3.8, 4) is 0 Å². The van der Waals surface area contributed by atoms with Crippen molar-refractivity contribution in [2.24, 2.45) is 43.9 Å². The summed E-state index contributed by atoms with van der Waals surface area (Å²) in [4.78, 5) is 80.7. The van der Waals surface area contributed by atoms with Crippen LogP contribution in [0.3, 0.4) is 0 Å². The molecule has 0 bridgehead atoms. The lowest BCUT2D eigenvalue weighted by atomic mass is 10.1. The highest BCUT2D eigenvalue weighted by Crippen LogP contribution is 2.19. The van der Waals surface area contributed by atoms with E-state index < -0.39 is 29.9 Å². The predicted octanol–water partition coefficient (Wildman–Crippen LogP) is -1.53. The lowest BCUT2D eigenvalue weighted by Crippen LogP contribution is -2.53. The van der Waals surface area contributed by atoms with Gasteiger partial charge in [-0.3, -0.25) is 33.8 Å². The number of guanidine groups is 1. The normalized spacial score (nSPS) is 14.4. The number of amidine groups is 2. The minimum atomic E-state index is -1.01. The van der Waals surface area contributed by atoms with Crippen LogP contribution in [0.4, 0.5) is 0 Å². The van der Waals surface area contributed by atoms with Crippen LogP contribution in [0.2, 0.25) is 0 Å². The Hall–Kier alpha value is -5.79. The van der Waals surface area contributed by atoms with Gasteiger partial charge in [-0.15, -0.1) is 10.2 Å². The Labute approximate surface area is 328 Å². The van der Waals surface area contributed by atoms with E-state index in [4.69, 9.17) is 33.8 Å². The maximum absolute atomic E-state index is 13.1. The number of nitrogens with one attached hydrogen (secondary N) is 3. The van der Waals surface area contributed by atoms with E-state index in [1.165, 1.54) is 9.80 Å². The van der Waals surface area contributed by atoms with E-state index in [1.807, 2.05) is 44.2 Å². The number of benzene rings is 1. The first-order chi connectivity index (χ1) is 26.7. The van der Waals surface area contributed by atoms with Gasteiger partial charge in [-0.2, -0.15) is 0 Å². The summed E-state index contributed by atoms with van der Waals surface area (Å²) in [5.74, 6) is -2.57. The zero-order valence-corrected chi connectivity index (χ0v) is 32.6. The van der Waals surface area contributed by atoms with Crippen molar-refractivity contribution in [1.82, 2.24) is 25.8 Å². The number of aliphatic carboxylic acids is 1. The summed E-state index contributed by atoms with van der Waals surface area (Å²) in [5, 5.41) is 24.0. The van der Waals surface area contributed by atoms with Crippen molar-refractivity contribution in [2.75, 3.05) is 45.8 Å². The molecule has 0 spiro atoms. The summed E-state index contributed by atoms with van der Waals surface area (Å²) < 4.78 is 0. The molecule has 1 aliphatic rings. The van der Waals surface area contributed by atoms with E-state index in [2.05, 4.69) is 31.1 Å². The van der Waals surface area contributed by atoms with Gasteiger partial charge in [0.25, 0.3) is 0 Å². The van der Waals surface area contributed by atoms with Crippen LogP contribution < -0.4 is 44.6 Å². The van der Waals surface area contributed by atoms with Crippen molar-refractivity contribution in [3.63, 3.8) is 0 Å². The second-order valence-electron chi connectivity index (χ2n) is 13.0. The van der Waals surface area contributed by atoms with Crippen molar-refractivity contribution in [2.45, 2.75) is 90.1 Å². The fourth-order valence-electron chi connectivity index (χ4n) is 5.23. The van der Waals surface area contributed by atoms with Crippen LogP contribution in [0.5, 0.6) is 0 Å². The van der Waals surface area contributed by atoms with Gasteiger partial charge >= 0.3 is 5.97 Å². The highest BCUT2D eigenvalue weighted by Gasteiger charge is 2.36. The number of hydrogen-bond acceptors (Lipinski definition) is 10. The van der Waals surface area contributed by atoms with Crippen molar-refractivity contribution >= 4 is 53.1 Å². The number of rotatable bonds is 23. The van der Waals surface area contributed by atoms with Gasteiger partial charge in [0.1, 0.15) is 17.7 Å². The van der Waals surface area contributed by atoms with Crippen LogP contribution in [0.15, 0.2) is 45.5 Å². The third-order valence-electron chi connectivity index (χ3n) is 8.07. The quantitative estimate of drug-likeness (QED) is 0.0264. The van der Waals surface area contributed by atoms with Crippen LogP contribution in [-0.2, 0) is 35.2 Å². The highest BCUT2D eigenvalue weighted by atomic mass is 16.4. The van der Waals surface area contributed by atoms with Crippen LogP contribution in [0.1, 0.15) is 77.2 Å². The van der Waals surface area contributed by atoms with E-state index in [0.717, 1.165) is 18.5 Å². The summed E-state index contributed by atoms with van der Waals surface area (Å²) in [7, 11) is 0. The molecule has 0 aromatic heterocycles. The van der Waals surface area contributed by atoms with Gasteiger partial charge in [-0.05, 0) is 44.1 Å². The third kappa shape index (κ3) is 21.2. The molecule has 20 nitrogen and oxygen atoms in total. The Morgan fingerprint density at radius 3 is 2.07 bits per heavy atom. The van der Waals surface area contributed by atoms with E-state index >= 15 is 0 Å². The Kier molecular flexibility index (Phi) is 23.9. The first-order valence-corrected chi connectivity index (χ1v) is 18.8. The summed E-state index contributed by atoms with van der Waals surface area (Å²) >= 11 is 0. The number of nitrogens with zero attached hydrogens (tertiary/aromatic N) is 5. The number of amides is 5. The minimum Gasteiger partial charge on any atom is -0.481 e. The number of nitrogens with two attached hydrogens (primary N) is 5. The van der Waals surface area contributed by atoms with Gasteiger partial charge in [-0.25, -0.2) is 0 Å². The summed E-state index contributed by atoms with van der Waals surface area (Å²) in [5.41, 5.74) is 28.4. The van der Waals surface area contributed by atoms with Crippen molar-refractivity contribution < 1.29 is 33.9 Å². The molecule has 0 radical (unpaired) electrons. The molecule has 0 aliphatic carbocycles. The standard InChI is InChI=1S/C32H50N10O7.C4H11N3/c1-2-17-41(21-28(44)37-16-7-15-36-27(43)13-11-25(34)39-40-26(35)12-14-30(46)47)29(45)20-38-31(48)24-10-6-18-42(24)32(49)23(33)19-22-8-4-3-5-9-22;1-2-3-7-4(5)6/h3-5,8-9,23-24H,2,6-7,10-21,33H2,1H3,(H2,34,39)(H2,35,40)(H,36,43)(H,37,44)(H,38,48)(H,46,47);2-3H2,1H3,(H4,5,6,7). The zero-order chi connectivity index (χ0) is 41.9. The molecule has 2 atom stereocenters. The topological polar surface area (TPSA) is 332 Å². The molecule has 2 rings (SSSR count). The molecule has 1 saturated heterocycles. The largest absolute Gasteiger partial charge is 0.481 e. The van der Waals surface area contributed by atoms with E-state index in [1.54, 1.807) is 0 Å². The lowest BCUT2D eigenvalue weighted by Gasteiger charge is -2.27. The summed E-state index contributed by atoms with van der Waals surface area (Å²) in [6.07, 6.45) is 3.53. The maximum Gasteiger partial charge on any atom is 0.303 e. The Bertz CT molecular complexity index is 1500. The average molecular weight is 788 g/mol. The SMILES string of the molecule is CCCN(CC(=O)NCCCNC(=O)CC/C(N)=N/N=C(\N)CCC(=O)O)C(=O)CNC(=O)C1CCCN1C(=O)C(N)Cc1ccccc1.CCCN=C(N)N. The minimum absolute atomic E-state index is 0.0205. The number of carbonyl (C=O) groups is 6. The van der Waals surface area contributed by atoms with Gasteiger partial charge in [0.2, 0.25) is 29.5 Å². The van der Waals surface area contributed by atoms with E-state index in [9.17, 15) is 28.8 Å². The molecule has 5 amide bonds. The number of hydrogen-bond donors (Lipinski definition) is 9. The van der Waals surface area contributed by atoms with Gasteiger partial charge < -0.3 is 59.5 Å². The molecule has 1 aromatic carbocycles. The Morgan fingerprint density at radius 2 is 1.50 bits per heavy atom. The third-order valence-corrected chi connectivity index (χ3v) is 8.07. The molecule has 20 heteroatoms. The van der Waals surface area contributed by atoms with Crippen LogP contribution in [0, 0.1) is 0 Å². The fourth-order valence-corrected chi connectivity index (χ4v) is 5.23. The van der Waals surface area contributed by atoms with Gasteiger partial charge in [0.05, 0.1) is 25.6 Å². The summed E-state index contributed by atoms with van der Waals surface area (Å²) in [6, 6.07) is 7.89. The molecule has 1 fully saturated rings. The molecular formula is C36H61N13O7. The molecule has 1 aliphatic heterocycles. The molecule has 0 saturated carbocycles. The average Bonchev–Trinajstić information content (AvgIpc) is 3.67. The Morgan fingerprint density at radius 1 is 0.875 bits per heavy atom. The van der Waals surface area contributed by atoms with Crippen LogP contribution in [0.25, 0.3) is 0 Å². The fraction of sp³-hybridized carbons (Fsp3) is 0.583. The first kappa shape index (κ1) is 48.2. The van der Waals surface area contributed by atoms with E-state index in [-0.39, 0.29) is 87.2 Å². The number of carbonyl (C=O) groups excluding carboxylic acids is 5. The lowest BCUT2D eigenvalue weighted by molar-refractivity contribution is -0.140. The predicted molar refractivity (Wildman–Crippen MR) is 214 cm³/mol. The smallest absolute Gasteiger partial charge is 0.303 e. The monoisotopic (exact) mass is 787 g/mol. The van der Waals surface area contributed by atoms with Crippen molar-refractivity contribution in [1.29, 1.82) is 0 Å². The number of aliphatic imine (C=N–C) groups is 1. The molecular weight excluding hydrogens is 726 g/mol. The second-order valence-corrected chi connectivity index (χ2v) is 13.0.